The van der Waals surface area contributed by atoms with Crippen molar-refractivity contribution in [3.05, 3.63) is 30.0 Å². The van der Waals surface area contributed by atoms with E-state index in [1.807, 2.05) is 25.1 Å². The number of carbonyl (C=O) groups is 1. The zero-order chi connectivity index (χ0) is 10.3. The van der Waals surface area contributed by atoms with Gasteiger partial charge in [-0.05, 0) is 24.6 Å². The van der Waals surface area contributed by atoms with E-state index in [0.29, 0.717) is 5.39 Å². The molecule has 0 saturated carbocycles. The molecule has 1 N–H and O–H groups in total. The van der Waals surface area contributed by atoms with E-state index in [1.54, 1.807) is 0 Å². The number of carbonyl (C=O) groups excluding carboxylic acids is 1. The zero-order valence-corrected chi connectivity index (χ0v) is 8.11. The fourth-order valence-electron chi connectivity index (χ4n) is 1.58. The lowest BCUT2D eigenvalue weighted by molar-refractivity contribution is 0.0941. The SMILES string of the molecule is CC(=O)n1cc(O)c2ccc(C)cc21. The molecule has 1 heterocycles. The molecule has 0 atom stereocenters. The molecule has 2 rings (SSSR count). The van der Waals surface area contributed by atoms with Gasteiger partial charge in [0.2, 0.25) is 5.91 Å². The van der Waals surface area contributed by atoms with Crippen molar-refractivity contribution in [3.8, 4) is 5.75 Å². The first-order valence-electron chi connectivity index (χ1n) is 4.41. The maximum Gasteiger partial charge on any atom is 0.228 e. The van der Waals surface area contributed by atoms with Gasteiger partial charge < -0.3 is 5.11 Å². The minimum absolute atomic E-state index is 0.0964. The highest BCUT2D eigenvalue weighted by molar-refractivity contribution is 5.95. The van der Waals surface area contributed by atoms with E-state index in [4.69, 9.17) is 0 Å². The monoisotopic (exact) mass is 189 g/mol. The van der Waals surface area contributed by atoms with Crippen LogP contribution in [0.3, 0.4) is 0 Å². The molecular formula is C11H11NO2. The van der Waals surface area contributed by atoms with Crippen molar-refractivity contribution in [1.29, 1.82) is 0 Å². The molecule has 14 heavy (non-hydrogen) atoms. The van der Waals surface area contributed by atoms with Crippen molar-refractivity contribution >= 4 is 16.8 Å². The molecule has 1 aromatic heterocycles. The molecule has 0 amide bonds. The van der Waals surface area contributed by atoms with Crippen LogP contribution >= 0.6 is 0 Å². The van der Waals surface area contributed by atoms with Crippen LogP contribution < -0.4 is 0 Å². The van der Waals surface area contributed by atoms with Crippen molar-refractivity contribution in [3.63, 3.8) is 0 Å². The Morgan fingerprint density at radius 2 is 2.14 bits per heavy atom. The van der Waals surface area contributed by atoms with Crippen molar-refractivity contribution in [2.45, 2.75) is 13.8 Å². The van der Waals surface area contributed by atoms with Crippen LogP contribution in [0.15, 0.2) is 24.4 Å². The van der Waals surface area contributed by atoms with Crippen LogP contribution in [0.25, 0.3) is 10.9 Å². The molecule has 1 aromatic carbocycles. The van der Waals surface area contributed by atoms with Gasteiger partial charge in [-0.3, -0.25) is 9.36 Å². The van der Waals surface area contributed by atoms with Crippen molar-refractivity contribution in [2.24, 2.45) is 0 Å². The van der Waals surface area contributed by atoms with Gasteiger partial charge in [-0.2, -0.15) is 0 Å². The normalized spacial score (nSPS) is 10.7. The third kappa shape index (κ3) is 1.18. The predicted octanol–water partition coefficient (Wildman–Crippen LogP) is 2.32. The molecule has 0 radical (unpaired) electrons. The van der Waals surface area contributed by atoms with Crippen LogP contribution in [0.4, 0.5) is 0 Å². The van der Waals surface area contributed by atoms with Gasteiger partial charge in [-0.1, -0.05) is 6.07 Å². The number of benzene rings is 1. The lowest BCUT2D eigenvalue weighted by Gasteiger charge is -1.99. The summed E-state index contributed by atoms with van der Waals surface area (Å²) in [6, 6.07) is 5.61. The lowest BCUT2D eigenvalue weighted by Crippen LogP contribution is -2.02. The summed E-state index contributed by atoms with van der Waals surface area (Å²) < 4.78 is 1.46. The highest BCUT2D eigenvalue weighted by atomic mass is 16.3. The van der Waals surface area contributed by atoms with Gasteiger partial charge in [0.25, 0.3) is 0 Å². The largest absolute Gasteiger partial charge is 0.506 e. The Balaban J connectivity index is 2.85. The molecule has 0 aliphatic rings. The van der Waals surface area contributed by atoms with Gasteiger partial charge >= 0.3 is 0 Å². The summed E-state index contributed by atoms with van der Waals surface area (Å²) in [4.78, 5) is 11.2. The van der Waals surface area contributed by atoms with E-state index in [1.165, 1.54) is 17.7 Å². The topological polar surface area (TPSA) is 42.2 Å². The summed E-state index contributed by atoms with van der Waals surface area (Å²) in [5.41, 5.74) is 1.83. The van der Waals surface area contributed by atoms with E-state index >= 15 is 0 Å². The molecule has 3 heteroatoms. The summed E-state index contributed by atoms with van der Waals surface area (Å²) >= 11 is 0. The van der Waals surface area contributed by atoms with Gasteiger partial charge in [-0.25, -0.2) is 0 Å². The molecule has 0 aliphatic carbocycles. The fraction of sp³-hybridized carbons (Fsp3) is 0.182. The Hall–Kier alpha value is -1.77. The summed E-state index contributed by atoms with van der Waals surface area (Å²) in [6.45, 7) is 3.43. The predicted molar refractivity (Wildman–Crippen MR) is 54.6 cm³/mol. The second-order valence-corrected chi connectivity index (χ2v) is 3.42. The Kier molecular flexibility index (Phi) is 1.81. The number of rotatable bonds is 0. The quantitative estimate of drug-likeness (QED) is 0.691. The van der Waals surface area contributed by atoms with E-state index < -0.39 is 0 Å². The third-order valence-electron chi connectivity index (χ3n) is 2.28. The van der Waals surface area contributed by atoms with Crippen LogP contribution in [0.1, 0.15) is 17.3 Å². The number of aromatic hydroxyl groups is 1. The standard InChI is InChI=1S/C11H11NO2/c1-7-3-4-9-10(5-7)12(8(2)13)6-11(9)14/h3-6,14H,1-2H3. The first-order valence-corrected chi connectivity index (χ1v) is 4.41. The van der Waals surface area contributed by atoms with Crippen molar-refractivity contribution < 1.29 is 9.90 Å². The molecule has 0 unspecified atom stereocenters. The molecule has 0 saturated heterocycles. The molecule has 0 aliphatic heterocycles. The van der Waals surface area contributed by atoms with Crippen LogP contribution in [0.5, 0.6) is 5.75 Å². The number of hydrogen-bond acceptors (Lipinski definition) is 2. The molecule has 0 spiro atoms. The van der Waals surface area contributed by atoms with Gasteiger partial charge in [0.05, 0.1) is 11.7 Å². The molecule has 2 aromatic rings. The van der Waals surface area contributed by atoms with Gasteiger partial charge in [-0.15, -0.1) is 0 Å². The maximum atomic E-state index is 11.2. The third-order valence-corrected chi connectivity index (χ3v) is 2.28. The van der Waals surface area contributed by atoms with Crippen molar-refractivity contribution in [2.75, 3.05) is 0 Å². The number of hydrogen-bond donors (Lipinski definition) is 1. The highest BCUT2D eigenvalue weighted by Gasteiger charge is 2.09. The second-order valence-electron chi connectivity index (χ2n) is 3.42. The highest BCUT2D eigenvalue weighted by Crippen LogP contribution is 2.27. The number of nitrogens with zero attached hydrogens (tertiary/aromatic N) is 1. The minimum atomic E-state index is -0.0964. The maximum absolute atomic E-state index is 11.2. The molecule has 0 bridgehead atoms. The van der Waals surface area contributed by atoms with Crippen LogP contribution in [-0.2, 0) is 0 Å². The van der Waals surface area contributed by atoms with Crippen molar-refractivity contribution in [1.82, 2.24) is 4.57 Å². The van der Waals surface area contributed by atoms with E-state index in [2.05, 4.69) is 0 Å². The molecular weight excluding hydrogens is 178 g/mol. The van der Waals surface area contributed by atoms with Gasteiger partial charge in [0, 0.05) is 12.3 Å². The summed E-state index contributed by atoms with van der Waals surface area (Å²) in [5.74, 6) is 0.0519. The van der Waals surface area contributed by atoms with Crippen LogP contribution in [0, 0.1) is 6.92 Å². The number of fused-ring (bicyclic) bond motifs is 1. The molecule has 3 nitrogen and oxygen atoms in total. The first-order chi connectivity index (χ1) is 6.59. The summed E-state index contributed by atoms with van der Waals surface area (Å²) in [5, 5.41) is 10.3. The molecule has 72 valence electrons. The Morgan fingerprint density at radius 3 is 2.79 bits per heavy atom. The number of aromatic nitrogens is 1. The average Bonchev–Trinajstić information content (AvgIpc) is 2.43. The van der Waals surface area contributed by atoms with Gasteiger partial charge in [0.1, 0.15) is 5.75 Å². The van der Waals surface area contributed by atoms with Gasteiger partial charge in [0.15, 0.2) is 0 Å². The van der Waals surface area contributed by atoms with E-state index in [9.17, 15) is 9.90 Å². The Bertz CT molecular complexity index is 511. The average molecular weight is 189 g/mol. The minimum Gasteiger partial charge on any atom is -0.506 e. The molecule has 0 fully saturated rings. The zero-order valence-electron chi connectivity index (χ0n) is 8.11. The van der Waals surface area contributed by atoms with E-state index in [-0.39, 0.29) is 11.7 Å². The second kappa shape index (κ2) is 2.87. The van der Waals surface area contributed by atoms with E-state index in [0.717, 1.165) is 11.1 Å². The Morgan fingerprint density at radius 1 is 1.43 bits per heavy atom. The number of aryl methyl sites for hydroxylation is 1. The lowest BCUT2D eigenvalue weighted by atomic mass is 10.2. The smallest absolute Gasteiger partial charge is 0.228 e. The summed E-state index contributed by atoms with van der Waals surface area (Å²) in [6.07, 6.45) is 1.45. The summed E-state index contributed by atoms with van der Waals surface area (Å²) in [7, 11) is 0. The first kappa shape index (κ1) is 8.81. The Labute approximate surface area is 81.6 Å². The van der Waals surface area contributed by atoms with Crippen LogP contribution in [-0.4, -0.2) is 15.6 Å². The van der Waals surface area contributed by atoms with Crippen LogP contribution in [0.2, 0.25) is 0 Å². The fourth-order valence-corrected chi connectivity index (χ4v) is 1.58.